The molecule has 0 unspecified atom stereocenters. The number of benzene rings is 2. The number of nitrogens with zero attached hydrogens (tertiary/aromatic N) is 2. The van der Waals surface area contributed by atoms with E-state index in [0.717, 1.165) is 24.3 Å². The summed E-state index contributed by atoms with van der Waals surface area (Å²) in [6.45, 7) is 5.00. The Bertz CT molecular complexity index is 630. The summed E-state index contributed by atoms with van der Waals surface area (Å²) >= 11 is 0. The van der Waals surface area contributed by atoms with E-state index in [1.807, 2.05) is 42.2 Å². The molecular formula is C20H24N2O. The highest BCUT2D eigenvalue weighted by Gasteiger charge is 2.15. The van der Waals surface area contributed by atoms with Gasteiger partial charge in [0.2, 0.25) is 5.91 Å². The second kappa shape index (κ2) is 7.32. The van der Waals surface area contributed by atoms with Gasteiger partial charge in [-0.15, -0.1) is 0 Å². The molecule has 23 heavy (non-hydrogen) atoms. The predicted octanol–water partition coefficient (Wildman–Crippen LogP) is 3.88. The van der Waals surface area contributed by atoms with Crippen molar-refractivity contribution in [3.8, 4) is 0 Å². The summed E-state index contributed by atoms with van der Waals surface area (Å²) in [5.41, 5.74) is 3.31. The van der Waals surface area contributed by atoms with Crippen LogP contribution in [0.25, 0.3) is 0 Å². The zero-order chi connectivity index (χ0) is 16.1. The fourth-order valence-electron chi connectivity index (χ4n) is 3.18. The van der Waals surface area contributed by atoms with E-state index in [0.29, 0.717) is 13.0 Å². The molecule has 1 amide bonds. The van der Waals surface area contributed by atoms with Crippen molar-refractivity contribution in [3.05, 3.63) is 60.2 Å². The van der Waals surface area contributed by atoms with Crippen molar-refractivity contribution in [2.75, 3.05) is 29.4 Å². The van der Waals surface area contributed by atoms with E-state index in [1.165, 1.54) is 18.5 Å². The van der Waals surface area contributed by atoms with Crippen LogP contribution >= 0.6 is 0 Å². The first kappa shape index (κ1) is 15.6. The van der Waals surface area contributed by atoms with Crippen LogP contribution in [-0.2, 0) is 11.2 Å². The van der Waals surface area contributed by atoms with Crippen LogP contribution in [0.2, 0.25) is 0 Å². The highest BCUT2D eigenvalue weighted by atomic mass is 16.2. The van der Waals surface area contributed by atoms with Gasteiger partial charge in [-0.25, -0.2) is 0 Å². The third-order valence-corrected chi connectivity index (χ3v) is 4.45. The van der Waals surface area contributed by atoms with Gasteiger partial charge in [-0.3, -0.25) is 4.79 Å². The standard InChI is InChI=1S/C20H24N2O/c1-2-22(19-8-4-3-5-9-19)20(23)16-17-10-12-18(13-11-17)21-14-6-7-15-21/h3-5,8-13H,2,6-7,14-16H2,1H3. The Kier molecular flexibility index (Phi) is 4.96. The average molecular weight is 308 g/mol. The molecule has 1 aliphatic heterocycles. The molecule has 0 radical (unpaired) electrons. The largest absolute Gasteiger partial charge is 0.372 e. The third kappa shape index (κ3) is 3.73. The topological polar surface area (TPSA) is 23.6 Å². The van der Waals surface area contributed by atoms with Crippen molar-refractivity contribution in [1.82, 2.24) is 0 Å². The minimum absolute atomic E-state index is 0.146. The monoisotopic (exact) mass is 308 g/mol. The minimum Gasteiger partial charge on any atom is -0.372 e. The van der Waals surface area contributed by atoms with Gasteiger partial charge in [-0.1, -0.05) is 30.3 Å². The Morgan fingerprint density at radius 1 is 1.00 bits per heavy atom. The minimum atomic E-state index is 0.146. The van der Waals surface area contributed by atoms with Crippen molar-refractivity contribution in [2.24, 2.45) is 0 Å². The van der Waals surface area contributed by atoms with Gasteiger partial charge < -0.3 is 9.80 Å². The molecule has 120 valence electrons. The number of likely N-dealkylation sites (N-methyl/N-ethyl adjacent to an activating group) is 1. The molecule has 2 aromatic carbocycles. The third-order valence-electron chi connectivity index (χ3n) is 4.45. The van der Waals surface area contributed by atoms with Crippen LogP contribution < -0.4 is 9.80 Å². The Labute approximate surface area is 138 Å². The smallest absolute Gasteiger partial charge is 0.231 e. The van der Waals surface area contributed by atoms with Gasteiger partial charge in [0.1, 0.15) is 0 Å². The summed E-state index contributed by atoms with van der Waals surface area (Å²) in [6, 6.07) is 18.3. The number of para-hydroxylation sites is 1. The maximum absolute atomic E-state index is 12.6. The molecule has 0 spiro atoms. The van der Waals surface area contributed by atoms with Gasteiger partial charge in [-0.2, -0.15) is 0 Å². The number of amides is 1. The van der Waals surface area contributed by atoms with Gasteiger partial charge >= 0.3 is 0 Å². The number of hydrogen-bond acceptors (Lipinski definition) is 2. The molecule has 0 bridgehead atoms. The zero-order valence-corrected chi connectivity index (χ0v) is 13.7. The lowest BCUT2D eigenvalue weighted by molar-refractivity contribution is -0.117. The summed E-state index contributed by atoms with van der Waals surface area (Å²) in [4.78, 5) is 16.9. The van der Waals surface area contributed by atoms with Crippen molar-refractivity contribution < 1.29 is 4.79 Å². The summed E-state index contributed by atoms with van der Waals surface area (Å²) in [7, 11) is 0. The lowest BCUT2D eigenvalue weighted by Gasteiger charge is -2.21. The van der Waals surface area contributed by atoms with Crippen LogP contribution in [0.15, 0.2) is 54.6 Å². The second-order valence-corrected chi connectivity index (χ2v) is 6.01. The van der Waals surface area contributed by atoms with Crippen LogP contribution in [-0.4, -0.2) is 25.5 Å². The van der Waals surface area contributed by atoms with Crippen LogP contribution in [0.3, 0.4) is 0 Å². The second-order valence-electron chi connectivity index (χ2n) is 6.01. The van der Waals surface area contributed by atoms with E-state index in [-0.39, 0.29) is 5.91 Å². The van der Waals surface area contributed by atoms with E-state index >= 15 is 0 Å². The van der Waals surface area contributed by atoms with Crippen molar-refractivity contribution >= 4 is 17.3 Å². The summed E-state index contributed by atoms with van der Waals surface area (Å²) < 4.78 is 0. The van der Waals surface area contributed by atoms with Crippen LogP contribution in [0.4, 0.5) is 11.4 Å². The molecule has 3 rings (SSSR count). The number of anilines is 2. The lowest BCUT2D eigenvalue weighted by atomic mass is 10.1. The maximum atomic E-state index is 12.6. The van der Waals surface area contributed by atoms with Gasteiger partial charge in [0, 0.05) is 31.0 Å². The predicted molar refractivity (Wildman–Crippen MR) is 96.1 cm³/mol. The maximum Gasteiger partial charge on any atom is 0.231 e. The molecule has 0 aliphatic carbocycles. The van der Waals surface area contributed by atoms with E-state index in [1.54, 1.807) is 0 Å². The Morgan fingerprint density at radius 3 is 2.26 bits per heavy atom. The molecule has 0 saturated carbocycles. The Hall–Kier alpha value is -2.29. The number of rotatable bonds is 5. The SMILES string of the molecule is CCN(C(=O)Cc1ccc(N2CCCC2)cc1)c1ccccc1. The van der Waals surface area contributed by atoms with Crippen molar-refractivity contribution in [3.63, 3.8) is 0 Å². The summed E-state index contributed by atoms with van der Waals surface area (Å²) in [6.07, 6.45) is 3.01. The highest BCUT2D eigenvalue weighted by Crippen LogP contribution is 2.21. The van der Waals surface area contributed by atoms with Crippen molar-refractivity contribution in [2.45, 2.75) is 26.2 Å². The first-order valence-electron chi connectivity index (χ1n) is 8.47. The molecule has 3 nitrogen and oxygen atoms in total. The average Bonchev–Trinajstić information content (AvgIpc) is 3.12. The molecular weight excluding hydrogens is 284 g/mol. The molecule has 0 atom stereocenters. The lowest BCUT2D eigenvalue weighted by Crippen LogP contribution is -2.31. The van der Waals surface area contributed by atoms with Crippen LogP contribution in [0.1, 0.15) is 25.3 Å². The summed E-state index contributed by atoms with van der Waals surface area (Å²) in [5, 5.41) is 0. The van der Waals surface area contributed by atoms with Gasteiger partial charge in [0.15, 0.2) is 0 Å². The molecule has 0 aromatic heterocycles. The van der Waals surface area contributed by atoms with Gasteiger partial charge in [0.05, 0.1) is 6.42 Å². The number of carbonyl (C=O) groups excluding carboxylic acids is 1. The van der Waals surface area contributed by atoms with Crippen molar-refractivity contribution in [1.29, 1.82) is 0 Å². The number of hydrogen-bond donors (Lipinski definition) is 0. The molecule has 1 fully saturated rings. The number of carbonyl (C=O) groups is 1. The molecule has 2 aromatic rings. The van der Waals surface area contributed by atoms with E-state index in [4.69, 9.17) is 0 Å². The molecule has 0 N–H and O–H groups in total. The van der Waals surface area contributed by atoms with Crippen LogP contribution in [0, 0.1) is 0 Å². The summed E-state index contributed by atoms with van der Waals surface area (Å²) in [5.74, 6) is 0.146. The quantitative estimate of drug-likeness (QED) is 0.837. The Balaban J connectivity index is 1.67. The molecule has 1 saturated heterocycles. The van der Waals surface area contributed by atoms with E-state index in [9.17, 15) is 4.79 Å². The van der Waals surface area contributed by atoms with E-state index < -0.39 is 0 Å². The van der Waals surface area contributed by atoms with Crippen LogP contribution in [0.5, 0.6) is 0 Å². The van der Waals surface area contributed by atoms with Gasteiger partial charge in [0.25, 0.3) is 0 Å². The molecule has 1 aliphatic rings. The fraction of sp³-hybridized carbons (Fsp3) is 0.350. The van der Waals surface area contributed by atoms with Gasteiger partial charge in [-0.05, 0) is 49.6 Å². The first-order chi connectivity index (χ1) is 11.3. The zero-order valence-electron chi connectivity index (χ0n) is 13.7. The highest BCUT2D eigenvalue weighted by molar-refractivity contribution is 5.94. The fourth-order valence-corrected chi connectivity index (χ4v) is 3.18. The van der Waals surface area contributed by atoms with E-state index in [2.05, 4.69) is 29.2 Å². The normalized spacial score (nSPS) is 14.0. The Morgan fingerprint density at radius 2 is 1.65 bits per heavy atom. The molecule has 3 heteroatoms. The first-order valence-corrected chi connectivity index (χ1v) is 8.47. The molecule has 1 heterocycles.